The maximum Gasteiger partial charge on any atom is 0.243 e. The van der Waals surface area contributed by atoms with E-state index in [1.54, 1.807) is 7.11 Å². The monoisotopic (exact) mass is 447 g/mol. The third kappa shape index (κ3) is 6.72. The Bertz CT molecular complexity index is 1090. The Morgan fingerprint density at radius 3 is 2.76 bits per heavy atom. The van der Waals surface area contributed by atoms with Gasteiger partial charge in [-0.15, -0.1) is 6.58 Å². The molecule has 0 aliphatic carbocycles. The van der Waals surface area contributed by atoms with Crippen molar-refractivity contribution in [2.24, 2.45) is 0 Å². The largest absolute Gasteiger partial charge is 0.493 e. The van der Waals surface area contributed by atoms with Crippen LogP contribution >= 0.6 is 0 Å². The first-order valence-electron chi connectivity index (χ1n) is 11.4. The van der Waals surface area contributed by atoms with E-state index in [0.717, 1.165) is 72.6 Å². The van der Waals surface area contributed by atoms with E-state index in [1.165, 1.54) is 6.08 Å². The van der Waals surface area contributed by atoms with Gasteiger partial charge < -0.3 is 19.4 Å². The molecular weight excluding hydrogens is 414 g/mol. The van der Waals surface area contributed by atoms with Gasteiger partial charge in [-0.25, -0.2) is 4.98 Å². The normalized spacial score (nSPS) is 10.7. The van der Waals surface area contributed by atoms with Crippen molar-refractivity contribution in [3.8, 4) is 11.5 Å². The SMILES string of the molecule is C=CCc1ccc(OCCCCn2c(CCCNC(=O)C=C)nc3ccccc32)c(OC)c1. The molecule has 0 aliphatic rings. The molecular formula is C27H33N3O3. The number of allylic oxidation sites excluding steroid dienone is 1. The Balaban J connectivity index is 1.54. The van der Waals surface area contributed by atoms with Crippen LogP contribution in [0, 0.1) is 0 Å². The van der Waals surface area contributed by atoms with Gasteiger partial charge >= 0.3 is 0 Å². The number of aryl methyl sites for hydroxylation is 2. The number of carbonyl (C=O) groups is 1. The molecule has 1 amide bonds. The van der Waals surface area contributed by atoms with E-state index in [4.69, 9.17) is 14.5 Å². The molecule has 174 valence electrons. The van der Waals surface area contributed by atoms with E-state index in [9.17, 15) is 4.79 Å². The van der Waals surface area contributed by atoms with Gasteiger partial charge in [0.1, 0.15) is 5.82 Å². The Labute approximate surface area is 195 Å². The number of unbranched alkanes of at least 4 members (excludes halogenated alkanes) is 1. The van der Waals surface area contributed by atoms with Gasteiger partial charge in [0.25, 0.3) is 0 Å². The summed E-state index contributed by atoms with van der Waals surface area (Å²) in [5.74, 6) is 2.42. The quantitative estimate of drug-likeness (QED) is 0.218. The Kier molecular flexibility index (Phi) is 9.12. The number of hydrogen-bond acceptors (Lipinski definition) is 4. The highest BCUT2D eigenvalue weighted by molar-refractivity contribution is 5.86. The molecule has 0 bridgehead atoms. The number of aromatic nitrogens is 2. The lowest BCUT2D eigenvalue weighted by Crippen LogP contribution is -2.22. The van der Waals surface area contributed by atoms with E-state index in [-0.39, 0.29) is 5.91 Å². The van der Waals surface area contributed by atoms with Crippen LogP contribution < -0.4 is 14.8 Å². The van der Waals surface area contributed by atoms with Gasteiger partial charge in [0.2, 0.25) is 5.91 Å². The fraction of sp³-hybridized carbons (Fsp3) is 0.333. The van der Waals surface area contributed by atoms with Gasteiger partial charge in [-0.05, 0) is 61.6 Å². The van der Waals surface area contributed by atoms with Gasteiger partial charge in [-0.2, -0.15) is 0 Å². The molecule has 6 heteroatoms. The number of methoxy groups -OCH3 is 1. The highest BCUT2D eigenvalue weighted by Gasteiger charge is 2.11. The molecule has 1 heterocycles. The maximum absolute atomic E-state index is 11.3. The maximum atomic E-state index is 11.3. The van der Waals surface area contributed by atoms with Crippen LogP contribution in [-0.4, -0.2) is 35.7 Å². The minimum Gasteiger partial charge on any atom is -0.493 e. The Morgan fingerprint density at radius 1 is 1.12 bits per heavy atom. The molecule has 0 unspecified atom stereocenters. The van der Waals surface area contributed by atoms with Crippen molar-refractivity contribution >= 4 is 16.9 Å². The molecule has 0 saturated carbocycles. The Hall–Kier alpha value is -3.54. The second-order valence-corrected chi connectivity index (χ2v) is 7.80. The van der Waals surface area contributed by atoms with Crippen LogP contribution in [0.5, 0.6) is 11.5 Å². The van der Waals surface area contributed by atoms with Gasteiger partial charge in [0.05, 0.1) is 24.8 Å². The van der Waals surface area contributed by atoms with Crippen LogP contribution in [-0.2, 0) is 24.2 Å². The van der Waals surface area contributed by atoms with Crippen LogP contribution in [0.25, 0.3) is 11.0 Å². The van der Waals surface area contributed by atoms with E-state index < -0.39 is 0 Å². The van der Waals surface area contributed by atoms with E-state index >= 15 is 0 Å². The zero-order chi connectivity index (χ0) is 23.5. The van der Waals surface area contributed by atoms with E-state index in [0.29, 0.717) is 13.2 Å². The number of hydrogen-bond donors (Lipinski definition) is 1. The van der Waals surface area contributed by atoms with Crippen LogP contribution in [0.1, 0.15) is 30.7 Å². The molecule has 0 spiro atoms. The summed E-state index contributed by atoms with van der Waals surface area (Å²) in [7, 11) is 1.66. The van der Waals surface area contributed by atoms with Crippen molar-refractivity contribution in [2.75, 3.05) is 20.3 Å². The summed E-state index contributed by atoms with van der Waals surface area (Å²) in [4.78, 5) is 16.2. The Morgan fingerprint density at radius 2 is 1.97 bits per heavy atom. The van der Waals surface area contributed by atoms with E-state index in [2.05, 4.69) is 29.1 Å². The first-order valence-corrected chi connectivity index (χ1v) is 11.4. The highest BCUT2D eigenvalue weighted by atomic mass is 16.5. The van der Waals surface area contributed by atoms with Gasteiger partial charge in [0.15, 0.2) is 11.5 Å². The molecule has 0 atom stereocenters. The summed E-state index contributed by atoms with van der Waals surface area (Å²) < 4.78 is 13.8. The standard InChI is InChI=1S/C27H33N3O3/c1-4-11-21-15-16-24(25(20-21)32-3)33-19-9-8-18-30-23-13-7-6-12-22(23)29-26(30)14-10-17-28-27(31)5-2/h4-7,12-13,15-16,20H,1-2,8-11,14,17-19H2,3H3,(H,28,31). The fourth-order valence-corrected chi connectivity index (χ4v) is 3.77. The molecule has 2 aromatic carbocycles. The zero-order valence-corrected chi connectivity index (χ0v) is 19.4. The summed E-state index contributed by atoms with van der Waals surface area (Å²) in [6, 6.07) is 14.2. The van der Waals surface area contributed by atoms with Crippen LogP contribution in [0.4, 0.5) is 0 Å². The number of rotatable bonds is 14. The number of benzene rings is 2. The number of nitrogens with one attached hydrogen (secondary N) is 1. The minimum absolute atomic E-state index is 0.143. The first-order chi connectivity index (χ1) is 16.2. The first kappa shape index (κ1) is 24.1. The molecule has 1 N–H and O–H groups in total. The molecule has 1 aromatic heterocycles. The van der Waals surface area contributed by atoms with E-state index in [1.807, 2.05) is 42.5 Å². The molecule has 3 rings (SSSR count). The number of para-hydroxylation sites is 2. The zero-order valence-electron chi connectivity index (χ0n) is 19.4. The van der Waals surface area contributed by atoms with Crippen molar-refractivity contribution in [3.63, 3.8) is 0 Å². The average molecular weight is 448 g/mol. The number of fused-ring (bicyclic) bond motifs is 1. The highest BCUT2D eigenvalue weighted by Crippen LogP contribution is 2.28. The summed E-state index contributed by atoms with van der Waals surface area (Å²) in [5.41, 5.74) is 3.30. The number of imidazole rings is 1. The topological polar surface area (TPSA) is 65.4 Å². The number of ether oxygens (including phenoxy) is 2. The van der Waals surface area contributed by atoms with Gasteiger partial charge in [0, 0.05) is 19.5 Å². The van der Waals surface area contributed by atoms with Crippen molar-refractivity contribution in [1.29, 1.82) is 0 Å². The number of carbonyl (C=O) groups excluding carboxylic acids is 1. The van der Waals surface area contributed by atoms with Gasteiger partial charge in [-0.3, -0.25) is 4.79 Å². The molecule has 0 aliphatic heterocycles. The molecule has 3 aromatic rings. The minimum atomic E-state index is -0.143. The van der Waals surface area contributed by atoms with Crippen molar-refractivity contribution in [3.05, 3.63) is 79.2 Å². The summed E-state index contributed by atoms with van der Waals surface area (Å²) >= 11 is 0. The van der Waals surface area contributed by atoms with Crippen LogP contribution in [0.15, 0.2) is 67.8 Å². The molecule has 33 heavy (non-hydrogen) atoms. The molecule has 0 saturated heterocycles. The summed E-state index contributed by atoms with van der Waals surface area (Å²) in [6.45, 7) is 9.36. The molecule has 0 fully saturated rings. The number of nitrogens with zero attached hydrogens (tertiary/aromatic N) is 2. The van der Waals surface area contributed by atoms with Gasteiger partial charge in [-0.1, -0.05) is 30.9 Å². The smallest absolute Gasteiger partial charge is 0.243 e. The summed E-state index contributed by atoms with van der Waals surface area (Å²) in [6.07, 6.45) is 7.49. The second kappa shape index (κ2) is 12.5. The fourth-order valence-electron chi connectivity index (χ4n) is 3.77. The lowest BCUT2D eigenvalue weighted by atomic mass is 10.1. The molecule has 6 nitrogen and oxygen atoms in total. The van der Waals surface area contributed by atoms with Crippen LogP contribution in [0.2, 0.25) is 0 Å². The third-order valence-corrected chi connectivity index (χ3v) is 5.44. The third-order valence-electron chi connectivity index (χ3n) is 5.44. The van der Waals surface area contributed by atoms with Crippen molar-refractivity contribution in [2.45, 2.75) is 38.6 Å². The molecule has 0 radical (unpaired) electrons. The lowest BCUT2D eigenvalue weighted by molar-refractivity contribution is -0.116. The predicted molar refractivity (Wildman–Crippen MR) is 133 cm³/mol. The predicted octanol–water partition coefficient (Wildman–Crippen LogP) is 4.87. The van der Waals surface area contributed by atoms with Crippen molar-refractivity contribution < 1.29 is 14.3 Å². The van der Waals surface area contributed by atoms with Crippen molar-refractivity contribution in [1.82, 2.24) is 14.9 Å². The summed E-state index contributed by atoms with van der Waals surface area (Å²) in [5, 5.41) is 2.83. The lowest BCUT2D eigenvalue weighted by Gasteiger charge is -2.13. The van der Waals surface area contributed by atoms with Crippen LogP contribution in [0.3, 0.4) is 0 Å². The average Bonchev–Trinajstić information content (AvgIpc) is 3.19. The number of amides is 1. The second-order valence-electron chi connectivity index (χ2n) is 7.80.